The van der Waals surface area contributed by atoms with E-state index in [2.05, 4.69) is 20.8 Å². The van der Waals surface area contributed by atoms with Crippen molar-refractivity contribution in [3.8, 4) is 0 Å². The van der Waals surface area contributed by atoms with E-state index in [-0.39, 0.29) is 52.8 Å². The molecule has 0 radical (unpaired) electrons. The minimum Gasteiger partial charge on any atom is -0.469 e. The van der Waals surface area contributed by atoms with Crippen LogP contribution in [-0.4, -0.2) is 47.9 Å². The second-order valence-electron chi connectivity index (χ2n) is 12.8. The largest absolute Gasteiger partial charge is 0.469 e. The van der Waals surface area contributed by atoms with Crippen LogP contribution in [0.1, 0.15) is 98.8 Å². The Morgan fingerprint density at radius 2 is 1.61 bits per heavy atom. The maximum absolute atomic E-state index is 12.5. The van der Waals surface area contributed by atoms with Crippen molar-refractivity contribution in [3.05, 3.63) is 0 Å². The van der Waals surface area contributed by atoms with E-state index in [0.29, 0.717) is 37.0 Å². The molecular formula is C29H46O7. The van der Waals surface area contributed by atoms with Crippen LogP contribution in [-0.2, 0) is 28.6 Å². The van der Waals surface area contributed by atoms with Crippen molar-refractivity contribution in [3.63, 3.8) is 0 Å². The quantitative estimate of drug-likeness (QED) is 0.407. The van der Waals surface area contributed by atoms with Crippen LogP contribution < -0.4 is 0 Å². The Balaban J connectivity index is 1.61. The van der Waals surface area contributed by atoms with Crippen LogP contribution in [0.15, 0.2) is 0 Å². The third-order valence-electron chi connectivity index (χ3n) is 11.2. The first-order valence-corrected chi connectivity index (χ1v) is 14.0. The molecule has 0 aliphatic heterocycles. The first-order valence-electron chi connectivity index (χ1n) is 14.0. The molecule has 4 rings (SSSR count). The number of esters is 3. The first kappa shape index (κ1) is 27.4. The fourth-order valence-electron chi connectivity index (χ4n) is 9.47. The van der Waals surface area contributed by atoms with Crippen LogP contribution in [0.3, 0.4) is 0 Å². The molecule has 0 saturated heterocycles. The standard InChI is InChI=1S/C29H46O7/c1-17(7-8-26(32)34-6)21-11-14-29(33)23-16-25(36-19(3)31)24-15-20(35-18(2)30)9-12-27(24,4)22(23)10-13-28(21,29)5/h17,20-25,33H,7-16H2,1-6H3/t17-,20-,21-,22+,23-,24+,25+,27-,28-,29+/m1/s1. The minimum atomic E-state index is -0.820. The normalized spacial score (nSPS) is 44.4. The highest BCUT2D eigenvalue weighted by Crippen LogP contribution is 2.70. The summed E-state index contributed by atoms with van der Waals surface area (Å²) in [5, 5.41) is 12.5. The van der Waals surface area contributed by atoms with Gasteiger partial charge in [0.15, 0.2) is 0 Å². The summed E-state index contributed by atoms with van der Waals surface area (Å²) in [6.07, 6.45) is 7.55. The molecule has 0 aromatic carbocycles. The zero-order valence-electron chi connectivity index (χ0n) is 23.0. The number of hydrogen-bond acceptors (Lipinski definition) is 7. The van der Waals surface area contributed by atoms with Crippen molar-refractivity contribution >= 4 is 17.9 Å². The Bertz CT molecular complexity index is 872. The molecule has 1 N–H and O–H groups in total. The first-order chi connectivity index (χ1) is 16.9. The van der Waals surface area contributed by atoms with Crippen molar-refractivity contribution in [2.45, 2.75) is 117 Å². The van der Waals surface area contributed by atoms with E-state index in [9.17, 15) is 19.5 Å². The Hall–Kier alpha value is -1.63. The SMILES string of the molecule is COC(=O)CC[C@@H](C)[C@H]1CC[C@]2(O)[C@@H]3C[C@H](OC(C)=O)[C@@H]4C[C@H](OC(C)=O)CC[C@]4(C)[C@H]3CC[C@]12C. The van der Waals surface area contributed by atoms with Crippen LogP contribution in [0.25, 0.3) is 0 Å². The van der Waals surface area contributed by atoms with Crippen LogP contribution in [0.4, 0.5) is 0 Å². The van der Waals surface area contributed by atoms with E-state index in [1.54, 1.807) is 0 Å². The number of ether oxygens (including phenoxy) is 3. The van der Waals surface area contributed by atoms with Crippen LogP contribution in [0.2, 0.25) is 0 Å². The number of rotatable bonds is 6. The van der Waals surface area contributed by atoms with E-state index < -0.39 is 5.60 Å². The van der Waals surface area contributed by atoms with Crippen molar-refractivity contribution in [1.29, 1.82) is 0 Å². The van der Waals surface area contributed by atoms with Gasteiger partial charge in [0, 0.05) is 26.2 Å². The predicted molar refractivity (Wildman–Crippen MR) is 134 cm³/mol. The summed E-state index contributed by atoms with van der Waals surface area (Å²) < 4.78 is 16.4. The molecule has 4 aliphatic carbocycles. The smallest absolute Gasteiger partial charge is 0.305 e. The summed E-state index contributed by atoms with van der Waals surface area (Å²) in [6, 6.07) is 0. The highest BCUT2D eigenvalue weighted by molar-refractivity contribution is 5.69. The molecule has 0 amide bonds. The molecule has 0 spiro atoms. The van der Waals surface area contributed by atoms with Crippen LogP contribution in [0, 0.1) is 40.4 Å². The Labute approximate surface area is 216 Å². The van der Waals surface area contributed by atoms with Crippen molar-refractivity contribution in [1.82, 2.24) is 0 Å². The van der Waals surface area contributed by atoms with Gasteiger partial charge in [-0.15, -0.1) is 0 Å². The van der Waals surface area contributed by atoms with Crippen LogP contribution >= 0.6 is 0 Å². The van der Waals surface area contributed by atoms with E-state index in [4.69, 9.17) is 14.2 Å². The average molecular weight is 507 g/mol. The highest BCUT2D eigenvalue weighted by atomic mass is 16.5. The Kier molecular flexibility index (Phi) is 7.55. The number of hydrogen-bond donors (Lipinski definition) is 1. The lowest BCUT2D eigenvalue weighted by molar-refractivity contribution is -0.240. The van der Waals surface area contributed by atoms with E-state index in [0.717, 1.165) is 44.9 Å². The topological polar surface area (TPSA) is 99.1 Å². The van der Waals surface area contributed by atoms with Gasteiger partial charge < -0.3 is 19.3 Å². The average Bonchev–Trinajstić information content (AvgIpc) is 3.09. The van der Waals surface area contributed by atoms with E-state index in [1.165, 1.54) is 21.0 Å². The lowest BCUT2D eigenvalue weighted by atomic mass is 9.42. The number of fused-ring (bicyclic) bond motifs is 5. The molecule has 0 aromatic rings. The lowest BCUT2D eigenvalue weighted by Crippen LogP contribution is -2.65. The van der Waals surface area contributed by atoms with Gasteiger partial charge in [-0.25, -0.2) is 0 Å². The monoisotopic (exact) mass is 506 g/mol. The van der Waals surface area contributed by atoms with Crippen molar-refractivity contribution in [2.24, 2.45) is 40.4 Å². The Morgan fingerprint density at radius 1 is 0.917 bits per heavy atom. The van der Waals surface area contributed by atoms with Crippen molar-refractivity contribution < 1.29 is 33.7 Å². The molecule has 0 heterocycles. The zero-order valence-corrected chi connectivity index (χ0v) is 23.0. The zero-order chi connectivity index (χ0) is 26.5. The second kappa shape index (κ2) is 9.92. The summed E-state index contributed by atoms with van der Waals surface area (Å²) in [5.41, 5.74) is -1.13. The molecule has 0 bridgehead atoms. The summed E-state index contributed by atoms with van der Waals surface area (Å²) >= 11 is 0. The van der Waals surface area contributed by atoms with Crippen LogP contribution in [0.5, 0.6) is 0 Å². The number of methoxy groups -OCH3 is 1. The van der Waals surface area contributed by atoms with Gasteiger partial charge in [0.25, 0.3) is 0 Å². The van der Waals surface area contributed by atoms with Gasteiger partial charge in [0.05, 0.1) is 12.7 Å². The molecule has 204 valence electrons. The van der Waals surface area contributed by atoms with Crippen molar-refractivity contribution in [2.75, 3.05) is 7.11 Å². The fourth-order valence-corrected chi connectivity index (χ4v) is 9.47. The van der Waals surface area contributed by atoms with E-state index in [1.807, 2.05) is 0 Å². The van der Waals surface area contributed by atoms with Gasteiger partial charge >= 0.3 is 17.9 Å². The molecule has 4 fully saturated rings. The molecular weight excluding hydrogens is 460 g/mol. The number of carbonyl (C=O) groups excluding carboxylic acids is 3. The molecule has 4 aliphatic rings. The summed E-state index contributed by atoms with van der Waals surface area (Å²) in [7, 11) is 1.43. The summed E-state index contributed by atoms with van der Waals surface area (Å²) in [6.45, 7) is 9.72. The number of aliphatic hydroxyl groups is 1. The highest BCUT2D eigenvalue weighted by Gasteiger charge is 2.69. The third-order valence-corrected chi connectivity index (χ3v) is 11.2. The lowest BCUT2D eigenvalue weighted by Gasteiger charge is -2.65. The molecule has 0 aromatic heterocycles. The molecule has 7 nitrogen and oxygen atoms in total. The summed E-state index contributed by atoms with van der Waals surface area (Å²) in [5.74, 6) is 0.443. The molecule has 36 heavy (non-hydrogen) atoms. The van der Waals surface area contributed by atoms with Gasteiger partial charge in [0.1, 0.15) is 12.2 Å². The minimum absolute atomic E-state index is 0.0601. The molecule has 7 heteroatoms. The molecule has 4 saturated carbocycles. The molecule has 10 atom stereocenters. The Morgan fingerprint density at radius 3 is 2.25 bits per heavy atom. The maximum Gasteiger partial charge on any atom is 0.305 e. The molecule has 0 unspecified atom stereocenters. The van der Waals surface area contributed by atoms with Gasteiger partial charge in [-0.3, -0.25) is 14.4 Å². The second-order valence-corrected chi connectivity index (χ2v) is 12.8. The maximum atomic E-state index is 12.5. The summed E-state index contributed by atoms with van der Waals surface area (Å²) in [4.78, 5) is 35.6. The number of carbonyl (C=O) groups is 3. The van der Waals surface area contributed by atoms with Gasteiger partial charge in [0.2, 0.25) is 0 Å². The van der Waals surface area contributed by atoms with Gasteiger partial charge in [-0.1, -0.05) is 20.8 Å². The van der Waals surface area contributed by atoms with E-state index >= 15 is 0 Å². The predicted octanol–water partition coefficient (Wildman–Crippen LogP) is 4.82. The fraction of sp³-hybridized carbons (Fsp3) is 0.897. The third kappa shape index (κ3) is 4.48. The van der Waals surface area contributed by atoms with Gasteiger partial charge in [-0.05, 0) is 92.3 Å². The van der Waals surface area contributed by atoms with Gasteiger partial charge in [-0.2, -0.15) is 0 Å².